The van der Waals surface area contributed by atoms with Crippen LogP contribution in [0.25, 0.3) is 65.5 Å². The van der Waals surface area contributed by atoms with E-state index in [-0.39, 0.29) is 6.17 Å². The summed E-state index contributed by atoms with van der Waals surface area (Å²) in [5.41, 5.74) is 6.38. The first kappa shape index (κ1) is 27.5. The van der Waals surface area contributed by atoms with Crippen LogP contribution in [-0.4, -0.2) is 16.7 Å². The lowest BCUT2D eigenvalue weighted by molar-refractivity contribution is 0.667. The average molecular weight is 629 g/mol. The Morgan fingerprint density at radius 2 is 1.29 bits per heavy atom. The monoisotopic (exact) mass is 628 g/mol. The number of aromatic nitrogens is 1. The second-order valence-electron chi connectivity index (χ2n) is 12.4. The molecule has 2 aromatic heterocycles. The van der Waals surface area contributed by atoms with E-state index in [1.54, 1.807) is 0 Å². The first-order valence-electron chi connectivity index (χ1n) is 16.5. The van der Waals surface area contributed by atoms with Crippen LogP contribution in [0, 0.1) is 0 Å². The van der Waals surface area contributed by atoms with Crippen molar-refractivity contribution in [2.75, 3.05) is 0 Å². The molecule has 0 amide bonds. The zero-order chi connectivity index (χ0) is 32.3. The summed E-state index contributed by atoms with van der Waals surface area (Å²) in [5.74, 6) is 1.43. The molecule has 1 aliphatic rings. The fraction of sp³-hybridized carbons (Fsp3) is 0.0227. The van der Waals surface area contributed by atoms with Gasteiger partial charge in [0.1, 0.15) is 23.3 Å². The molecule has 230 valence electrons. The van der Waals surface area contributed by atoms with E-state index in [1.807, 2.05) is 54.7 Å². The molecule has 0 spiro atoms. The van der Waals surface area contributed by atoms with Gasteiger partial charge in [-0.15, -0.1) is 0 Å². The number of pyridine rings is 1. The van der Waals surface area contributed by atoms with Crippen molar-refractivity contribution in [2.45, 2.75) is 6.17 Å². The van der Waals surface area contributed by atoms with E-state index in [0.717, 1.165) is 61.1 Å². The van der Waals surface area contributed by atoms with Crippen LogP contribution >= 0.6 is 0 Å². The molecule has 0 saturated heterocycles. The summed E-state index contributed by atoms with van der Waals surface area (Å²) in [4.78, 5) is 15.1. The molecule has 0 fully saturated rings. The number of nitrogens with zero attached hydrogens (tertiary/aromatic N) is 3. The van der Waals surface area contributed by atoms with Crippen LogP contribution in [0.3, 0.4) is 0 Å². The standard InChI is InChI=1S/C44H28N4O/c1-3-13-28(14-4-1)42-46-43(29-15-5-2-6-16-29)48-44(47-42)35-20-11-21-37-39(35)34-24-25-45-40(41(34)49-37)36-26-30-23-22-27-12-7-8-17-31(27)38(30)33-19-10-9-18-32(33)36/h1-26,42H,(H,46,47,48). The third-order valence-electron chi connectivity index (χ3n) is 9.56. The van der Waals surface area contributed by atoms with Gasteiger partial charge in [-0.05, 0) is 56.1 Å². The van der Waals surface area contributed by atoms with Crippen LogP contribution < -0.4 is 5.32 Å². The summed E-state index contributed by atoms with van der Waals surface area (Å²) in [6.07, 6.45) is 1.59. The Balaban J connectivity index is 1.19. The minimum atomic E-state index is -0.297. The first-order chi connectivity index (χ1) is 24.3. The Hall–Kier alpha value is -6.59. The molecule has 5 heteroatoms. The quantitative estimate of drug-likeness (QED) is 0.197. The van der Waals surface area contributed by atoms with E-state index in [0.29, 0.717) is 5.84 Å². The third-order valence-corrected chi connectivity index (χ3v) is 9.56. The van der Waals surface area contributed by atoms with Gasteiger partial charge in [-0.1, -0.05) is 133 Å². The van der Waals surface area contributed by atoms with Crippen LogP contribution in [0.15, 0.2) is 172 Å². The van der Waals surface area contributed by atoms with Crippen LogP contribution in [0.2, 0.25) is 0 Å². The molecule has 9 aromatic rings. The number of furan rings is 1. The number of hydrogen-bond acceptors (Lipinski definition) is 5. The Bertz CT molecular complexity index is 2800. The summed E-state index contributed by atoms with van der Waals surface area (Å²) >= 11 is 0. The summed E-state index contributed by atoms with van der Waals surface area (Å²) in [6, 6.07) is 52.5. The Morgan fingerprint density at radius 1 is 0.551 bits per heavy atom. The number of hydrogen-bond donors (Lipinski definition) is 1. The summed E-state index contributed by atoms with van der Waals surface area (Å²) in [6.45, 7) is 0. The van der Waals surface area contributed by atoms with E-state index in [1.165, 1.54) is 26.9 Å². The molecular weight excluding hydrogens is 601 g/mol. The van der Waals surface area contributed by atoms with E-state index in [4.69, 9.17) is 19.4 Å². The van der Waals surface area contributed by atoms with Gasteiger partial charge in [-0.3, -0.25) is 4.98 Å². The Labute approximate surface area is 281 Å². The highest BCUT2D eigenvalue weighted by Gasteiger charge is 2.25. The van der Waals surface area contributed by atoms with E-state index < -0.39 is 0 Å². The highest BCUT2D eigenvalue weighted by atomic mass is 16.3. The number of aliphatic imine (C=N–C) groups is 2. The van der Waals surface area contributed by atoms with Gasteiger partial charge in [-0.2, -0.15) is 0 Å². The normalized spacial score (nSPS) is 14.7. The molecule has 10 rings (SSSR count). The second-order valence-corrected chi connectivity index (χ2v) is 12.4. The highest BCUT2D eigenvalue weighted by Crippen LogP contribution is 2.42. The lowest BCUT2D eigenvalue weighted by Crippen LogP contribution is -2.33. The van der Waals surface area contributed by atoms with Crippen LogP contribution in [0.1, 0.15) is 22.9 Å². The fourth-order valence-corrected chi connectivity index (χ4v) is 7.32. The third kappa shape index (κ3) is 4.44. The van der Waals surface area contributed by atoms with Crippen molar-refractivity contribution in [2.24, 2.45) is 9.98 Å². The molecule has 3 heterocycles. The molecule has 0 aliphatic carbocycles. The van der Waals surface area contributed by atoms with Gasteiger partial charge in [0, 0.05) is 33.7 Å². The molecule has 1 unspecified atom stereocenters. The molecule has 7 aromatic carbocycles. The van der Waals surface area contributed by atoms with Gasteiger partial charge in [-0.25, -0.2) is 9.98 Å². The summed E-state index contributed by atoms with van der Waals surface area (Å²) in [7, 11) is 0. The number of fused-ring (bicyclic) bond motifs is 8. The summed E-state index contributed by atoms with van der Waals surface area (Å²) in [5, 5.41) is 12.9. The van der Waals surface area contributed by atoms with E-state index in [2.05, 4.69) is 108 Å². The van der Waals surface area contributed by atoms with Crippen LogP contribution in [0.5, 0.6) is 0 Å². The zero-order valence-electron chi connectivity index (χ0n) is 26.3. The van der Waals surface area contributed by atoms with Gasteiger partial charge < -0.3 is 9.73 Å². The second kappa shape index (κ2) is 11.0. The maximum absolute atomic E-state index is 6.75. The van der Waals surface area contributed by atoms with Gasteiger partial charge in [0.15, 0.2) is 11.4 Å². The minimum Gasteiger partial charge on any atom is -0.454 e. The number of amidine groups is 2. The van der Waals surface area contributed by atoms with Gasteiger partial charge in [0.05, 0.1) is 0 Å². The molecule has 1 atom stereocenters. The molecule has 5 nitrogen and oxygen atoms in total. The Kier molecular flexibility index (Phi) is 6.18. The summed E-state index contributed by atoms with van der Waals surface area (Å²) < 4.78 is 6.75. The molecule has 1 N–H and O–H groups in total. The first-order valence-corrected chi connectivity index (χ1v) is 16.5. The number of rotatable bonds is 4. The topological polar surface area (TPSA) is 62.8 Å². The minimum absolute atomic E-state index is 0.297. The fourth-order valence-electron chi connectivity index (χ4n) is 7.32. The van der Waals surface area contributed by atoms with E-state index >= 15 is 0 Å². The highest BCUT2D eigenvalue weighted by molar-refractivity contribution is 6.26. The maximum atomic E-state index is 6.75. The molecule has 0 saturated carbocycles. The molecule has 0 radical (unpaired) electrons. The molecule has 0 bridgehead atoms. The van der Waals surface area contributed by atoms with Crippen molar-refractivity contribution in [3.8, 4) is 11.3 Å². The lowest BCUT2D eigenvalue weighted by atomic mass is 9.92. The predicted molar refractivity (Wildman–Crippen MR) is 201 cm³/mol. The van der Waals surface area contributed by atoms with Crippen molar-refractivity contribution >= 4 is 65.9 Å². The van der Waals surface area contributed by atoms with Crippen LogP contribution in [-0.2, 0) is 0 Å². The van der Waals surface area contributed by atoms with Crippen molar-refractivity contribution in [3.05, 3.63) is 175 Å². The molecular formula is C44H28N4O. The smallest absolute Gasteiger partial charge is 0.161 e. The van der Waals surface area contributed by atoms with E-state index in [9.17, 15) is 0 Å². The van der Waals surface area contributed by atoms with Crippen molar-refractivity contribution in [1.29, 1.82) is 0 Å². The number of benzene rings is 7. The van der Waals surface area contributed by atoms with Gasteiger partial charge >= 0.3 is 0 Å². The predicted octanol–water partition coefficient (Wildman–Crippen LogP) is 10.6. The SMILES string of the molecule is c1ccc(C2=NC(c3ccccc3)NC(c3cccc4oc5c(-c6cc7ccc8ccccc8c7c7ccccc67)nccc5c34)=N2)cc1. The Morgan fingerprint density at radius 3 is 2.14 bits per heavy atom. The maximum Gasteiger partial charge on any atom is 0.161 e. The lowest BCUT2D eigenvalue weighted by Gasteiger charge is -2.24. The number of nitrogens with one attached hydrogen (secondary N) is 1. The van der Waals surface area contributed by atoms with Gasteiger partial charge in [0.25, 0.3) is 0 Å². The zero-order valence-corrected chi connectivity index (χ0v) is 26.3. The van der Waals surface area contributed by atoms with Gasteiger partial charge in [0.2, 0.25) is 0 Å². The van der Waals surface area contributed by atoms with Crippen molar-refractivity contribution in [1.82, 2.24) is 10.3 Å². The molecule has 1 aliphatic heterocycles. The molecule has 49 heavy (non-hydrogen) atoms. The van der Waals surface area contributed by atoms with Crippen molar-refractivity contribution < 1.29 is 4.42 Å². The largest absolute Gasteiger partial charge is 0.454 e. The van der Waals surface area contributed by atoms with Crippen LogP contribution in [0.4, 0.5) is 0 Å². The van der Waals surface area contributed by atoms with Crippen molar-refractivity contribution in [3.63, 3.8) is 0 Å². The average Bonchev–Trinajstić information content (AvgIpc) is 3.57.